The lowest BCUT2D eigenvalue weighted by Gasteiger charge is -2.35. The average molecular weight is 211 g/mol. The van der Waals surface area contributed by atoms with Gasteiger partial charge in [0.1, 0.15) is 0 Å². The van der Waals surface area contributed by atoms with Gasteiger partial charge >= 0.3 is 5.97 Å². The summed E-state index contributed by atoms with van der Waals surface area (Å²) in [6.45, 7) is 1.73. The van der Waals surface area contributed by atoms with Crippen LogP contribution >= 0.6 is 0 Å². The predicted octanol–water partition coefficient (Wildman–Crippen LogP) is 0.808. The fourth-order valence-corrected chi connectivity index (χ4v) is 2.40. The van der Waals surface area contributed by atoms with Crippen molar-refractivity contribution in [1.82, 2.24) is 4.90 Å². The molecule has 0 unspecified atom stereocenters. The number of nitrogens with zero attached hydrogens (tertiary/aromatic N) is 1. The first-order valence-corrected chi connectivity index (χ1v) is 5.60. The van der Waals surface area contributed by atoms with Gasteiger partial charge in [-0.3, -0.25) is 9.59 Å². The summed E-state index contributed by atoms with van der Waals surface area (Å²) in [5.41, 5.74) is 0. The van der Waals surface area contributed by atoms with Crippen LogP contribution in [0.5, 0.6) is 0 Å². The van der Waals surface area contributed by atoms with Crippen molar-refractivity contribution in [1.29, 1.82) is 0 Å². The maximum atomic E-state index is 12.0. The summed E-state index contributed by atoms with van der Waals surface area (Å²) in [5, 5.41) is 0. The highest BCUT2D eigenvalue weighted by Crippen LogP contribution is 2.37. The monoisotopic (exact) mass is 211 g/mol. The molecule has 0 N–H and O–H groups in total. The van der Waals surface area contributed by atoms with E-state index in [1.807, 2.05) is 4.90 Å². The molecule has 1 aliphatic heterocycles. The third-order valence-corrected chi connectivity index (χ3v) is 3.51. The Morgan fingerprint density at radius 1 is 1.13 bits per heavy atom. The van der Waals surface area contributed by atoms with Crippen LogP contribution in [0, 0.1) is 11.8 Å². The number of methoxy groups -OCH3 is 1. The molecule has 1 saturated carbocycles. The maximum Gasteiger partial charge on any atom is 0.309 e. The highest BCUT2D eigenvalue weighted by Gasteiger charge is 2.43. The van der Waals surface area contributed by atoms with Crippen molar-refractivity contribution in [2.24, 2.45) is 11.8 Å². The SMILES string of the molecule is COC(=O)[C@H]1CC[C@@H]1C(=O)N1CCCC1. The third-order valence-electron chi connectivity index (χ3n) is 3.51. The molecule has 84 valence electrons. The highest BCUT2D eigenvalue weighted by atomic mass is 16.5. The lowest BCUT2D eigenvalue weighted by molar-refractivity contribution is -0.158. The summed E-state index contributed by atoms with van der Waals surface area (Å²) in [4.78, 5) is 25.2. The molecule has 1 heterocycles. The largest absolute Gasteiger partial charge is 0.469 e. The van der Waals surface area contributed by atoms with E-state index in [-0.39, 0.29) is 23.7 Å². The molecular formula is C11H17NO3. The van der Waals surface area contributed by atoms with Crippen molar-refractivity contribution in [3.8, 4) is 0 Å². The number of carbonyl (C=O) groups is 2. The van der Waals surface area contributed by atoms with Gasteiger partial charge < -0.3 is 9.64 Å². The zero-order valence-electron chi connectivity index (χ0n) is 9.07. The number of hydrogen-bond acceptors (Lipinski definition) is 3. The van der Waals surface area contributed by atoms with E-state index in [9.17, 15) is 9.59 Å². The Morgan fingerprint density at radius 3 is 2.20 bits per heavy atom. The molecule has 1 amide bonds. The zero-order chi connectivity index (χ0) is 10.8. The first-order chi connectivity index (χ1) is 7.24. The van der Waals surface area contributed by atoms with Crippen molar-refractivity contribution in [3.63, 3.8) is 0 Å². The van der Waals surface area contributed by atoms with Gasteiger partial charge in [-0.05, 0) is 25.7 Å². The van der Waals surface area contributed by atoms with Crippen LogP contribution in [0.4, 0.5) is 0 Å². The topological polar surface area (TPSA) is 46.6 Å². The van der Waals surface area contributed by atoms with E-state index in [2.05, 4.69) is 4.74 Å². The molecule has 2 aliphatic rings. The smallest absolute Gasteiger partial charge is 0.309 e. The summed E-state index contributed by atoms with van der Waals surface area (Å²) in [6.07, 6.45) is 3.84. The Morgan fingerprint density at radius 2 is 1.73 bits per heavy atom. The van der Waals surface area contributed by atoms with Gasteiger partial charge in [0.05, 0.1) is 18.9 Å². The molecule has 15 heavy (non-hydrogen) atoms. The number of amides is 1. The number of hydrogen-bond donors (Lipinski definition) is 0. The minimum Gasteiger partial charge on any atom is -0.469 e. The lowest BCUT2D eigenvalue weighted by Crippen LogP contribution is -2.45. The maximum absolute atomic E-state index is 12.0. The van der Waals surface area contributed by atoms with Crippen molar-refractivity contribution in [2.75, 3.05) is 20.2 Å². The van der Waals surface area contributed by atoms with Gasteiger partial charge in [0.25, 0.3) is 0 Å². The van der Waals surface area contributed by atoms with Crippen LogP contribution in [0.25, 0.3) is 0 Å². The van der Waals surface area contributed by atoms with E-state index in [1.54, 1.807) is 0 Å². The molecule has 0 bridgehead atoms. The quantitative estimate of drug-likeness (QED) is 0.635. The Hall–Kier alpha value is -1.06. The molecule has 0 spiro atoms. The first-order valence-electron chi connectivity index (χ1n) is 5.60. The van der Waals surface area contributed by atoms with Crippen LogP contribution in [-0.2, 0) is 14.3 Å². The van der Waals surface area contributed by atoms with Gasteiger partial charge in [-0.15, -0.1) is 0 Å². The van der Waals surface area contributed by atoms with E-state index in [0.717, 1.165) is 38.8 Å². The molecule has 1 saturated heterocycles. The van der Waals surface area contributed by atoms with Crippen LogP contribution in [0.3, 0.4) is 0 Å². The number of esters is 1. The Bertz CT molecular complexity index is 271. The first kappa shape index (κ1) is 10.5. The minimum absolute atomic E-state index is 0.101. The second kappa shape index (κ2) is 4.21. The fraction of sp³-hybridized carbons (Fsp3) is 0.818. The van der Waals surface area contributed by atoms with Gasteiger partial charge in [0, 0.05) is 13.1 Å². The van der Waals surface area contributed by atoms with E-state index in [0.29, 0.717) is 0 Å². The average Bonchev–Trinajstić information content (AvgIpc) is 2.68. The Kier molecular flexibility index (Phi) is 2.93. The van der Waals surface area contributed by atoms with Crippen LogP contribution in [0.1, 0.15) is 25.7 Å². The van der Waals surface area contributed by atoms with Crippen molar-refractivity contribution in [3.05, 3.63) is 0 Å². The fourth-order valence-electron chi connectivity index (χ4n) is 2.40. The van der Waals surface area contributed by atoms with Gasteiger partial charge in [-0.2, -0.15) is 0 Å². The van der Waals surface area contributed by atoms with E-state index in [1.165, 1.54) is 7.11 Å². The molecule has 0 aromatic rings. The minimum atomic E-state index is -0.223. The number of ether oxygens (including phenoxy) is 1. The molecule has 2 rings (SSSR count). The van der Waals surface area contributed by atoms with Gasteiger partial charge in [0.2, 0.25) is 5.91 Å². The Balaban J connectivity index is 1.93. The highest BCUT2D eigenvalue weighted by molar-refractivity contribution is 5.87. The lowest BCUT2D eigenvalue weighted by atomic mass is 9.73. The molecular weight excluding hydrogens is 194 g/mol. The normalized spacial score (nSPS) is 29.8. The summed E-state index contributed by atoms with van der Waals surface area (Å²) < 4.78 is 4.69. The molecule has 0 radical (unpaired) electrons. The summed E-state index contributed by atoms with van der Waals surface area (Å²) in [5.74, 6) is -0.341. The van der Waals surface area contributed by atoms with E-state index >= 15 is 0 Å². The van der Waals surface area contributed by atoms with Gasteiger partial charge in [-0.25, -0.2) is 0 Å². The zero-order valence-corrected chi connectivity index (χ0v) is 9.07. The van der Waals surface area contributed by atoms with Crippen LogP contribution in [-0.4, -0.2) is 37.0 Å². The number of carbonyl (C=O) groups excluding carboxylic acids is 2. The van der Waals surface area contributed by atoms with E-state index < -0.39 is 0 Å². The van der Waals surface area contributed by atoms with Crippen LogP contribution in [0.15, 0.2) is 0 Å². The van der Waals surface area contributed by atoms with Gasteiger partial charge in [-0.1, -0.05) is 0 Å². The summed E-state index contributed by atoms with van der Waals surface area (Å²) in [6, 6.07) is 0. The molecule has 4 heteroatoms. The molecule has 2 atom stereocenters. The van der Waals surface area contributed by atoms with Gasteiger partial charge in [0.15, 0.2) is 0 Å². The third kappa shape index (κ3) is 1.85. The molecule has 2 fully saturated rings. The molecule has 4 nitrogen and oxygen atoms in total. The number of rotatable bonds is 2. The van der Waals surface area contributed by atoms with Crippen molar-refractivity contribution >= 4 is 11.9 Å². The van der Waals surface area contributed by atoms with Crippen molar-refractivity contribution in [2.45, 2.75) is 25.7 Å². The summed E-state index contributed by atoms with van der Waals surface area (Å²) in [7, 11) is 1.39. The van der Waals surface area contributed by atoms with Crippen LogP contribution < -0.4 is 0 Å². The Labute approximate surface area is 89.6 Å². The van der Waals surface area contributed by atoms with E-state index in [4.69, 9.17) is 0 Å². The molecule has 1 aliphatic carbocycles. The molecule has 0 aromatic heterocycles. The molecule has 0 aromatic carbocycles. The standard InChI is InChI=1S/C11H17NO3/c1-15-11(14)9-5-4-8(9)10(13)12-6-2-3-7-12/h8-9H,2-7H2,1H3/t8-,9-/m0/s1. The van der Waals surface area contributed by atoms with Crippen molar-refractivity contribution < 1.29 is 14.3 Å². The summed E-state index contributed by atoms with van der Waals surface area (Å²) >= 11 is 0. The number of likely N-dealkylation sites (tertiary alicyclic amines) is 1. The predicted molar refractivity (Wildman–Crippen MR) is 54.0 cm³/mol. The van der Waals surface area contributed by atoms with Crippen LogP contribution in [0.2, 0.25) is 0 Å². The second-order valence-electron chi connectivity index (χ2n) is 4.35. The second-order valence-corrected chi connectivity index (χ2v) is 4.35.